The van der Waals surface area contributed by atoms with Crippen LogP contribution in [0.4, 0.5) is 11.6 Å². The van der Waals surface area contributed by atoms with Crippen molar-refractivity contribution < 1.29 is 0 Å². The Hall–Kier alpha value is -0.970. The fourth-order valence-corrected chi connectivity index (χ4v) is 2.87. The maximum absolute atomic E-state index is 5.87. The fourth-order valence-electron chi connectivity index (χ4n) is 1.72. The zero-order valence-electron chi connectivity index (χ0n) is 9.79. The van der Waals surface area contributed by atoms with E-state index >= 15 is 0 Å². The normalized spacial score (nSPS) is 20.0. The van der Waals surface area contributed by atoms with Crippen LogP contribution in [0.25, 0.3) is 0 Å². The number of aryl methyl sites for hydroxylation is 1. The summed E-state index contributed by atoms with van der Waals surface area (Å²) in [6, 6.07) is 0.530. The highest BCUT2D eigenvalue weighted by Gasteiger charge is 2.17. The van der Waals surface area contributed by atoms with Crippen molar-refractivity contribution in [2.24, 2.45) is 0 Å². The van der Waals surface area contributed by atoms with Gasteiger partial charge in [0.05, 0.1) is 0 Å². The van der Waals surface area contributed by atoms with Crippen molar-refractivity contribution in [2.75, 3.05) is 22.6 Å². The molecule has 3 N–H and O–H groups in total. The minimum atomic E-state index is 0.530. The van der Waals surface area contributed by atoms with Crippen molar-refractivity contribution in [1.29, 1.82) is 0 Å². The molecule has 16 heavy (non-hydrogen) atoms. The molecule has 88 valence electrons. The van der Waals surface area contributed by atoms with E-state index in [0.29, 0.717) is 11.9 Å². The second-order valence-electron chi connectivity index (χ2n) is 4.06. The number of hydrogen-bond donors (Lipinski definition) is 2. The van der Waals surface area contributed by atoms with Crippen molar-refractivity contribution in [3.05, 3.63) is 11.4 Å². The molecule has 1 saturated heterocycles. The molecule has 1 fully saturated rings. The number of hydrogen-bond acceptors (Lipinski definition) is 5. The highest BCUT2D eigenvalue weighted by atomic mass is 32.2. The van der Waals surface area contributed by atoms with Gasteiger partial charge in [0.25, 0.3) is 0 Å². The van der Waals surface area contributed by atoms with Gasteiger partial charge < -0.3 is 11.1 Å². The summed E-state index contributed by atoms with van der Waals surface area (Å²) >= 11 is 1.98. The smallest absolute Gasteiger partial charge is 0.135 e. The Balaban J connectivity index is 2.20. The van der Waals surface area contributed by atoms with Gasteiger partial charge in [-0.05, 0) is 19.1 Å². The molecule has 1 aromatic rings. The van der Waals surface area contributed by atoms with Gasteiger partial charge in [-0.2, -0.15) is 11.8 Å². The third-order valence-corrected chi connectivity index (χ3v) is 3.98. The first-order valence-corrected chi connectivity index (χ1v) is 6.83. The molecule has 0 aliphatic carbocycles. The van der Waals surface area contributed by atoms with Crippen LogP contribution in [0.15, 0.2) is 0 Å². The van der Waals surface area contributed by atoms with Gasteiger partial charge in [0, 0.05) is 23.8 Å². The molecule has 2 heterocycles. The first-order valence-electron chi connectivity index (χ1n) is 5.68. The Morgan fingerprint density at radius 2 is 2.31 bits per heavy atom. The van der Waals surface area contributed by atoms with E-state index in [1.165, 1.54) is 12.2 Å². The van der Waals surface area contributed by atoms with Crippen LogP contribution in [0.3, 0.4) is 0 Å². The second kappa shape index (κ2) is 4.91. The predicted molar refractivity (Wildman–Crippen MR) is 69.9 cm³/mol. The minimum absolute atomic E-state index is 0.530. The second-order valence-corrected chi connectivity index (χ2v) is 5.21. The van der Waals surface area contributed by atoms with Gasteiger partial charge in [-0.25, -0.2) is 9.97 Å². The van der Waals surface area contributed by atoms with Gasteiger partial charge >= 0.3 is 0 Å². The molecule has 5 heteroatoms. The molecule has 0 spiro atoms. The van der Waals surface area contributed by atoms with Crippen molar-refractivity contribution in [3.63, 3.8) is 0 Å². The largest absolute Gasteiger partial charge is 0.383 e. The molecule has 0 aromatic carbocycles. The lowest BCUT2D eigenvalue weighted by atomic mass is 10.2. The lowest BCUT2D eigenvalue weighted by Crippen LogP contribution is -2.21. The molecule has 0 bridgehead atoms. The number of aromatic nitrogens is 2. The minimum Gasteiger partial charge on any atom is -0.383 e. The molecule has 2 rings (SSSR count). The van der Waals surface area contributed by atoms with Crippen LogP contribution >= 0.6 is 11.8 Å². The van der Waals surface area contributed by atoms with Crippen LogP contribution in [-0.2, 0) is 6.42 Å². The van der Waals surface area contributed by atoms with Crippen LogP contribution in [0, 0.1) is 6.92 Å². The number of nitrogens with one attached hydrogen (secondary N) is 1. The fraction of sp³-hybridized carbons (Fsp3) is 0.636. The Labute approximate surface area is 100 Å². The van der Waals surface area contributed by atoms with Crippen LogP contribution in [0.5, 0.6) is 0 Å². The number of rotatable bonds is 3. The third kappa shape index (κ3) is 2.40. The summed E-state index contributed by atoms with van der Waals surface area (Å²) in [7, 11) is 0. The van der Waals surface area contributed by atoms with E-state index in [0.717, 1.165) is 29.4 Å². The molecule has 0 saturated carbocycles. The summed E-state index contributed by atoms with van der Waals surface area (Å²) in [5, 5.41) is 3.47. The van der Waals surface area contributed by atoms with Crippen molar-refractivity contribution in [2.45, 2.75) is 32.7 Å². The number of nitrogens with two attached hydrogens (primary N) is 1. The molecule has 0 amide bonds. The zero-order valence-corrected chi connectivity index (χ0v) is 10.6. The van der Waals surface area contributed by atoms with Crippen molar-refractivity contribution in [1.82, 2.24) is 9.97 Å². The van der Waals surface area contributed by atoms with Gasteiger partial charge in [0.2, 0.25) is 0 Å². The summed E-state index contributed by atoms with van der Waals surface area (Å²) in [5.74, 6) is 4.72. The van der Waals surface area contributed by atoms with Gasteiger partial charge in [-0.3, -0.25) is 0 Å². The van der Waals surface area contributed by atoms with Gasteiger partial charge in [-0.15, -0.1) is 0 Å². The lowest BCUT2D eigenvalue weighted by Gasteiger charge is -2.15. The highest BCUT2D eigenvalue weighted by Crippen LogP contribution is 2.24. The third-order valence-electron chi connectivity index (χ3n) is 2.82. The quantitative estimate of drug-likeness (QED) is 0.841. The summed E-state index contributed by atoms with van der Waals surface area (Å²) in [4.78, 5) is 8.75. The van der Waals surface area contributed by atoms with E-state index in [4.69, 9.17) is 5.73 Å². The molecule has 1 aliphatic rings. The average Bonchev–Trinajstić information content (AvgIpc) is 2.77. The van der Waals surface area contributed by atoms with Crippen molar-refractivity contribution >= 4 is 23.4 Å². The first-order chi connectivity index (χ1) is 7.70. The molecular formula is C11H18N4S. The van der Waals surface area contributed by atoms with Crippen LogP contribution in [0.2, 0.25) is 0 Å². The zero-order chi connectivity index (χ0) is 11.5. The Morgan fingerprint density at radius 3 is 2.94 bits per heavy atom. The number of thioether (sulfide) groups is 1. The molecule has 0 radical (unpaired) electrons. The Morgan fingerprint density at radius 1 is 1.50 bits per heavy atom. The van der Waals surface area contributed by atoms with E-state index in [9.17, 15) is 0 Å². The maximum Gasteiger partial charge on any atom is 0.135 e. The van der Waals surface area contributed by atoms with Gasteiger partial charge in [0.15, 0.2) is 0 Å². The monoisotopic (exact) mass is 238 g/mol. The van der Waals surface area contributed by atoms with E-state index < -0.39 is 0 Å². The number of anilines is 2. The molecule has 4 nitrogen and oxygen atoms in total. The Bertz CT molecular complexity index is 374. The molecule has 1 aliphatic heterocycles. The molecule has 1 aromatic heterocycles. The molecule has 1 atom stereocenters. The molecule has 1 unspecified atom stereocenters. The maximum atomic E-state index is 5.87. The van der Waals surface area contributed by atoms with Gasteiger partial charge in [-0.1, -0.05) is 6.92 Å². The highest BCUT2D eigenvalue weighted by molar-refractivity contribution is 7.99. The first kappa shape index (κ1) is 11.5. The van der Waals surface area contributed by atoms with Crippen molar-refractivity contribution in [3.8, 4) is 0 Å². The molecular weight excluding hydrogens is 220 g/mol. The summed E-state index contributed by atoms with van der Waals surface area (Å²) in [5.41, 5.74) is 6.84. The van der Waals surface area contributed by atoms with E-state index in [2.05, 4.69) is 15.3 Å². The van der Waals surface area contributed by atoms with E-state index in [1.54, 1.807) is 0 Å². The average molecular weight is 238 g/mol. The van der Waals surface area contributed by atoms with E-state index in [-0.39, 0.29) is 0 Å². The van der Waals surface area contributed by atoms with Crippen LogP contribution in [0.1, 0.15) is 24.7 Å². The van der Waals surface area contributed by atoms with Crippen LogP contribution in [-0.4, -0.2) is 27.5 Å². The summed E-state index contributed by atoms with van der Waals surface area (Å²) in [6.07, 6.45) is 2.02. The Kier molecular flexibility index (Phi) is 3.53. The topological polar surface area (TPSA) is 63.8 Å². The van der Waals surface area contributed by atoms with Crippen LogP contribution < -0.4 is 11.1 Å². The standard InChI is InChI=1S/C11H18N4S/c1-3-9-14-10(12)7(2)11(15-9)13-8-4-5-16-6-8/h8H,3-6H2,1-2H3,(H3,12,13,14,15). The van der Waals surface area contributed by atoms with E-state index in [1.807, 2.05) is 25.6 Å². The lowest BCUT2D eigenvalue weighted by molar-refractivity contribution is 0.798. The SMILES string of the molecule is CCc1nc(N)c(C)c(NC2CCSC2)n1. The number of nitrogens with zero attached hydrogens (tertiary/aromatic N) is 2. The summed E-state index contributed by atoms with van der Waals surface area (Å²) < 4.78 is 0. The number of nitrogen functional groups attached to an aromatic ring is 1. The summed E-state index contributed by atoms with van der Waals surface area (Å²) in [6.45, 7) is 4.01. The predicted octanol–water partition coefficient (Wildman–Crippen LogP) is 1.85. The van der Waals surface area contributed by atoms with Gasteiger partial charge in [0.1, 0.15) is 17.5 Å².